The quantitative estimate of drug-likeness (QED) is 0.318. The Labute approximate surface area is 192 Å². The van der Waals surface area contributed by atoms with Gasteiger partial charge in [-0.05, 0) is 98.7 Å². The van der Waals surface area contributed by atoms with E-state index in [1.54, 1.807) is 0 Å². The number of esters is 1. The molecule has 2 heteroatoms. The summed E-state index contributed by atoms with van der Waals surface area (Å²) < 4.78 is 5.78. The molecule has 176 valence electrons. The normalized spacial score (nSPS) is 43.4. The maximum atomic E-state index is 12.0. The third-order valence-electron chi connectivity index (χ3n) is 10.8. The molecule has 0 amide bonds. The van der Waals surface area contributed by atoms with E-state index in [0.29, 0.717) is 24.4 Å². The van der Waals surface area contributed by atoms with Crippen LogP contribution in [0, 0.1) is 52.3 Å². The fraction of sp³-hybridized carbons (Fsp3) is 0.897. The number of cyclic esters (lactones) is 1. The van der Waals surface area contributed by atoms with Crippen LogP contribution >= 0.6 is 0 Å². The molecular formula is C29H48O2. The van der Waals surface area contributed by atoms with Crippen molar-refractivity contribution in [3.8, 4) is 0 Å². The van der Waals surface area contributed by atoms with Crippen LogP contribution in [0.5, 0.6) is 0 Å². The molecule has 1 aliphatic heterocycles. The van der Waals surface area contributed by atoms with Crippen molar-refractivity contribution in [3.63, 3.8) is 0 Å². The van der Waals surface area contributed by atoms with Gasteiger partial charge in [-0.25, -0.2) is 0 Å². The highest BCUT2D eigenvalue weighted by atomic mass is 16.5. The van der Waals surface area contributed by atoms with Gasteiger partial charge in [-0.3, -0.25) is 4.79 Å². The Morgan fingerprint density at radius 3 is 2.48 bits per heavy atom. The van der Waals surface area contributed by atoms with Gasteiger partial charge in [-0.1, -0.05) is 59.1 Å². The van der Waals surface area contributed by atoms with E-state index in [4.69, 9.17) is 4.74 Å². The van der Waals surface area contributed by atoms with Gasteiger partial charge in [-0.2, -0.15) is 0 Å². The molecule has 0 aromatic carbocycles. The van der Waals surface area contributed by atoms with Gasteiger partial charge in [0.05, 0.1) is 6.61 Å². The lowest BCUT2D eigenvalue weighted by Crippen LogP contribution is -2.56. The summed E-state index contributed by atoms with van der Waals surface area (Å²) in [6.45, 7) is 17.2. The van der Waals surface area contributed by atoms with Crippen molar-refractivity contribution in [2.45, 2.75) is 105 Å². The first-order valence-electron chi connectivity index (χ1n) is 13.5. The molecule has 2 nitrogen and oxygen atoms in total. The summed E-state index contributed by atoms with van der Waals surface area (Å²) in [6.07, 6.45) is 14.1. The monoisotopic (exact) mass is 428 g/mol. The van der Waals surface area contributed by atoms with Crippen molar-refractivity contribution < 1.29 is 9.53 Å². The number of fused-ring (bicyclic) bond motifs is 4. The smallest absolute Gasteiger partial charge is 0.305 e. The predicted molar refractivity (Wildman–Crippen MR) is 129 cm³/mol. The Hall–Kier alpha value is -0.790. The molecule has 4 aliphatic rings. The molecule has 31 heavy (non-hydrogen) atoms. The number of hydrogen-bond acceptors (Lipinski definition) is 2. The van der Waals surface area contributed by atoms with Crippen molar-refractivity contribution in [3.05, 3.63) is 12.2 Å². The lowest BCUT2D eigenvalue weighted by Gasteiger charge is -2.61. The second-order valence-electron chi connectivity index (χ2n) is 12.8. The first kappa shape index (κ1) is 23.4. The van der Waals surface area contributed by atoms with E-state index in [9.17, 15) is 4.79 Å². The Balaban J connectivity index is 1.53. The Bertz CT molecular complexity index is 668. The van der Waals surface area contributed by atoms with Gasteiger partial charge in [0.1, 0.15) is 0 Å². The third-order valence-corrected chi connectivity index (χ3v) is 10.8. The fourth-order valence-electron chi connectivity index (χ4n) is 9.33. The van der Waals surface area contributed by atoms with Crippen LogP contribution in [-0.4, -0.2) is 12.6 Å². The average Bonchev–Trinajstić information content (AvgIpc) is 3.07. The molecule has 1 heterocycles. The van der Waals surface area contributed by atoms with Crippen LogP contribution < -0.4 is 0 Å². The van der Waals surface area contributed by atoms with Crippen molar-refractivity contribution in [2.75, 3.05) is 6.61 Å². The standard InChI is InChI=1S/C29H48O2/c1-19(2)8-7-9-21(5)24-12-13-25-22-10-11-23(20(3)4)29(17-15-27(30)31-18-29)26(22)14-16-28(24,25)6/h19,21-26H,3,7-18H2,1-2,4-6H3/t21-,22+,23?,24-,25+,26+,28-,29-/m1/s1. The van der Waals surface area contributed by atoms with Crippen molar-refractivity contribution in [2.24, 2.45) is 52.3 Å². The summed E-state index contributed by atoms with van der Waals surface area (Å²) in [4.78, 5) is 12.0. The molecule has 4 rings (SSSR count). The van der Waals surface area contributed by atoms with E-state index in [0.717, 1.165) is 41.9 Å². The molecule has 4 fully saturated rings. The van der Waals surface area contributed by atoms with E-state index in [1.165, 1.54) is 63.4 Å². The number of carbonyl (C=O) groups is 1. The Kier molecular flexibility index (Phi) is 6.68. The molecule has 1 saturated heterocycles. The topological polar surface area (TPSA) is 26.3 Å². The second-order valence-corrected chi connectivity index (χ2v) is 12.8. The molecule has 0 aromatic rings. The number of rotatable bonds is 6. The molecule has 1 unspecified atom stereocenters. The van der Waals surface area contributed by atoms with E-state index in [2.05, 4.69) is 41.2 Å². The summed E-state index contributed by atoms with van der Waals surface area (Å²) >= 11 is 0. The van der Waals surface area contributed by atoms with E-state index in [1.807, 2.05) is 0 Å². The zero-order valence-electron chi connectivity index (χ0n) is 21.1. The molecule has 0 radical (unpaired) electrons. The molecule has 3 saturated carbocycles. The molecule has 3 aliphatic carbocycles. The number of hydrogen-bond donors (Lipinski definition) is 0. The van der Waals surface area contributed by atoms with Gasteiger partial charge >= 0.3 is 5.97 Å². The van der Waals surface area contributed by atoms with Crippen molar-refractivity contribution in [1.82, 2.24) is 0 Å². The van der Waals surface area contributed by atoms with E-state index >= 15 is 0 Å². The lowest BCUT2D eigenvalue weighted by molar-refractivity contribution is -0.177. The number of carbonyl (C=O) groups excluding carboxylic acids is 1. The Morgan fingerprint density at radius 1 is 1.06 bits per heavy atom. The summed E-state index contributed by atoms with van der Waals surface area (Å²) in [6, 6.07) is 0. The van der Waals surface area contributed by atoms with Gasteiger partial charge in [-0.15, -0.1) is 0 Å². The minimum absolute atomic E-state index is 0.0185. The van der Waals surface area contributed by atoms with Crippen molar-refractivity contribution >= 4 is 5.97 Å². The number of ether oxygens (including phenoxy) is 1. The zero-order valence-corrected chi connectivity index (χ0v) is 21.1. The van der Waals surface area contributed by atoms with Gasteiger partial charge in [0.25, 0.3) is 0 Å². The van der Waals surface area contributed by atoms with E-state index < -0.39 is 0 Å². The van der Waals surface area contributed by atoms with Gasteiger partial charge in [0.2, 0.25) is 0 Å². The molecule has 0 N–H and O–H groups in total. The Morgan fingerprint density at radius 2 is 1.84 bits per heavy atom. The summed E-state index contributed by atoms with van der Waals surface area (Å²) in [5.41, 5.74) is 2.03. The van der Waals surface area contributed by atoms with E-state index in [-0.39, 0.29) is 11.4 Å². The third kappa shape index (κ3) is 4.04. The summed E-state index contributed by atoms with van der Waals surface area (Å²) in [7, 11) is 0. The van der Waals surface area contributed by atoms with Crippen LogP contribution in [0.1, 0.15) is 105 Å². The highest BCUT2D eigenvalue weighted by molar-refractivity contribution is 5.70. The van der Waals surface area contributed by atoms with Crippen LogP contribution in [0.2, 0.25) is 0 Å². The van der Waals surface area contributed by atoms with Gasteiger partial charge in [0.15, 0.2) is 0 Å². The summed E-state index contributed by atoms with van der Waals surface area (Å²) in [5, 5.41) is 0. The van der Waals surface area contributed by atoms with Crippen LogP contribution in [0.15, 0.2) is 12.2 Å². The SMILES string of the molecule is C=C(C)C1CC[C@@H]2[C@H](CC[C@]3(C)[C@@H]([C@H](C)CCCC(C)C)CC[C@@H]23)[C@@]12CCC(=O)OC2. The van der Waals surface area contributed by atoms with Crippen LogP contribution in [0.25, 0.3) is 0 Å². The minimum atomic E-state index is 0.0185. The van der Waals surface area contributed by atoms with Crippen LogP contribution in [0.4, 0.5) is 0 Å². The lowest BCUT2D eigenvalue weighted by atomic mass is 9.44. The molecule has 0 bridgehead atoms. The molecule has 1 spiro atoms. The predicted octanol–water partition coefficient (Wildman–Crippen LogP) is 7.82. The summed E-state index contributed by atoms with van der Waals surface area (Å²) in [5.74, 6) is 5.60. The first-order chi connectivity index (χ1) is 14.7. The highest BCUT2D eigenvalue weighted by Gasteiger charge is 2.62. The molecular weight excluding hydrogens is 380 g/mol. The largest absolute Gasteiger partial charge is 0.465 e. The highest BCUT2D eigenvalue weighted by Crippen LogP contribution is 2.68. The first-order valence-corrected chi connectivity index (χ1v) is 13.5. The molecule has 8 atom stereocenters. The van der Waals surface area contributed by atoms with Crippen LogP contribution in [0.3, 0.4) is 0 Å². The zero-order chi connectivity index (χ0) is 22.4. The van der Waals surface area contributed by atoms with Gasteiger partial charge in [0, 0.05) is 11.8 Å². The molecule has 0 aromatic heterocycles. The fourth-order valence-corrected chi connectivity index (χ4v) is 9.33. The maximum Gasteiger partial charge on any atom is 0.305 e. The van der Waals surface area contributed by atoms with Crippen LogP contribution in [-0.2, 0) is 9.53 Å². The van der Waals surface area contributed by atoms with Gasteiger partial charge < -0.3 is 4.74 Å². The van der Waals surface area contributed by atoms with Crippen molar-refractivity contribution in [1.29, 1.82) is 0 Å². The number of allylic oxidation sites excluding steroid dienone is 1. The second kappa shape index (κ2) is 8.86. The maximum absolute atomic E-state index is 12.0. The average molecular weight is 429 g/mol. The minimum Gasteiger partial charge on any atom is -0.465 e.